The molecule has 0 bridgehead atoms. The number of hydrogen-bond acceptors (Lipinski definition) is 2. The van der Waals surface area contributed by atoms with E-state index >= 15 is 0 Å². The summed E-state index contributed by atoms with van der Waals surface area (Å²) in [5.41, 5.74) is 1.72. The van der Waals surface area contributed by atoms with Crippen molar-refractivity contribution in [1.82, 2.24) is 0 Å². The number of nitrogens with zero attached hydrogens (tertiary/aromatic N) is 1. The van der Waals surface area contributed by atoms with E-state index in [-0.39, 0.29) is 5.78 Å². The number of Topliss-reactive ketones (excluding diaryl/α,β-unsaturated/α-hetero) is 1. The molecule has 1 aliphatic rings. The molecule has 0 unspecified atom stereocenters. The first-order valence-electron chi connectivity index (χ1n) is 5.41. The maximum Gasteiger partial charge on any atom is 0.165 e. The van der Waals surface area contributed by atoms with Crippen molar-refractivity contribution in [3.05, 3.63) is 41.4 Å². The van der Waals surface area contributed by atoms with Crippen molar-refractivity contribution in [3.8, 4) is 0 Å². The molecule has 1 aromatic carbocycles. The third-order valence-corrected chi connectivity index (χ3v) is 3.02. The average Bonchev–Trinajstić information content (AvgIpc) is 2.41. The molecule has 0 amide bonds. The van der Waals surface area contributed by atoms with Gasteiger partial charge in [0.15, 0.2) is 5.78 Å². The van der Waals surface area contributed by atoms with Gasteiger partial charge in [-0.25, -0.2) is 0 Å². The Hall–Kier alpha value is -1.28. The van der Waals surface area contributed by atoms with E-state index in [0.29, 0.717) is 11.4 Å². The van der Waals surface area contributed by atoms with Crippen LogP contribution in [0.1, 0.15) is 23.2 Å². The van der Waals surface area contributed by atoms with E-state index in [1.54, 1.807) is 6.07 Å². The Morgan fingerprint density at radius 3 is 3.06 bits per heavy atom. The number of benzene rings is 1. The third-order valence-electron chi connectivity index (χ3n) is 2.78. The van der Waals surface area contributed by atoms with Crippen LogP contribution in [0.15, 0.2) is 30.9 Å². The first-order chi connectivity index (χ1) is 7.72. The van der Waals surface area contributed by atoms with Gasteiger partial charge in [0.2, 0.25) is 0 Å². The van der Waals surface area contributed by atoms with Gasteiger partial charge in [0.05, 0.1) is 0 Å². The van der Waals surface area contributed by atoms with E-state index in [0.717, 1.165) is 30.8 Å². The van der Waals surface area contributed by atoms with Crippen molar-refractivity contribution in [2.75, 3.05) is 18.0 Å². The van der Waals surface area contributed by atoms with Gasteiger partial charge in [-0.05, 0) is 24.6 Å². The van der Waals surface area contributed by atoms with Crippen LogP contribution in [0.4, 0.5) is 5.69 Å². The predicted molar refractivity (Wildman–Crippen MR) is 67.4 cm³/mol. The molecular formula is C13H14ClNO. The Bertz CT molecular complexity index is 428. The maximum absolute atomic E-state index is 11.9. The van der Waals surface area contributed by atoms with Crippen LogP contribution in [0.5, 0.6) is 0 Å². The summed E-state index contributed by atoms with van der Waals surface area (Å²) in [5, 5.41) is 0.618. The van der Waals surface area contributed by atoms with Crippen molar-refractivity contribution >= 4 is 23.1 Å². The molecule has 84 valence electrons. The zero-order chi connectivity index (χ0) is 11.5. The highest BCUT2D eigenvalue weighted by atomic mass is 35.5. The lowest BCUT2D eigenvalue weighted by Crippen LogP contribution is -2.23. The normalized spacial score (nSPS) is 15.6. The maximum atomic E-state index is 11.9. The van der Waals surface area contributed by atoms with Crippen LogP contribution in [0, 0.1) is 0 Å². The van der Waals surface area contributed by atoms with Gasteiger partial charge in [-0.2, -0.15) is 0 Å². The van der Waals surface area contributed by atoms with Crippen LogP contribution in [0.2, 0.25) is 5.02 Å². The number of ketones is 1. The monoisotopic (exact) mass is 235 g/mol. The van der Waals surface area contributed by atoms with E-state index in [2.05, 4.69) is 11.5 Å². The van der Waals surface area contributed by atoms with Crippen LogP contribution in [-0.2, 0) is 0 Å². The lowest BCUT2D eigenvalue weighted by molar-refractivity contribution is 0.0984. The standard InChI is InChI=1S/C13H14ClNO/c1-2-7-15-8-3-4-13(16)11-9-10(14)5-6-12(11)15/h2,5-6,9H,1,3-4,7-8H2. The summed E-state index contributed by atoms with van der Waals surface area (Å²) in [6, 6.07) is 5.51. The van der Waals surface area contributed by atoms with Crippen molar-refractivity contribution in [2.24, 2.45) is 0 Å². The van der Waals surface area contributed by atoms with Crippen LogP contribution in [0.3, 0.4) is 0 Å². The molecule has 0 radical (unpaired) electrons. The molecule has 0 N–H and O–H groups in total. The molecule has 3 heteroatoms. The molecule has 1 aromatic rings. The highest BCUT2D eigenvalue weighted by Crippen LogP contribution is 2.28. The number of hydrogen-bond donors (Lipinski definition) is 0. The fraction of sp³-hybridized carbons (Fsp3) is 0.308. The molecule has 2 rings (SSSR count). The van der Waals surface area contributed by atoms with Gasteiger partial charge < -0.3 is 4.90 Å². The molecule has 1 heterocycles. The molecule has 0 spiro atoms. The Morgan fingerprint density at radius 2 is 2.31 bits per heavy atom. The first-order valence-corrected chi connectivity index (χ1v) is 5.79. The topological polar surface area (TPSA) is 20.3 Å². The van der Waals surface area contributed by atoms with Crippen LogP contribution in [-0.4, -0.2) is 18.9 Å². The number of fused-ring (bicyclic) bond motifs is 1. The van der Waals surface area contributed by atoms with Crippen LogP contribution >= 0.6 is 11.6 Å². The molecule has 0 saturated heterocycles. The largest absolute Gasteiger partial charge is 0.367 e. The number of rotatable bonds is 2. The lowest BCUT2D eigenvalue weighted by Gasteiger charge is -2.22. The summed E-state index contributed by atoms with van der Waals surface area (Å²) in [6.45, 7) is 5.40. The van der Waals surface area contributed by atoms with Gasteiger partial charge in [-0.15, -0.1) is 6.58 Å². The number of halogens is 1. The van der Waals surface area contributed by atoms with Crippen molar-refractivity contribution in [1.29, 1.82) is 0 Å². The molecule has 16 heavy (non-hydrogen) atoms. The van der Waals surface area contributed by atoms with Gasteiger partial charge in [-0.3, -0.25) is 4.79 Å². The second-order valence-electron chi connectivity index (χ2n) is 3.92. The summed E-state index contributed by atoms with van der Waals surface area (Å²) in [7, 11) is 0. The Kier molecular flexibility index (Phi) is 3.30. The third kappa shape index (κ3) is 2.12. The zero-order valence-electron chi connectivity index (χ0n) is 9.08. The van der Waals surface area contributed by atoms with Crippen LogP contribution in [0.25, 0.3) is 0 Å². The molecule has 2 nitrogen and oxygen atoms in total. The Labute approximate surface area is 101 Å². The highest BCUT2D eigenvalue weighted by molar-refractivity contribution is 6.31. The summed E-state index contributed by atoms with van der Waals surface area (Å²) >= 11 is 5.93. The van der Waals surface area contributed by atoms with Gasteiger partial charge in [0, 0.05) is 35.8 Å². The number of carbonyl (C=O) groups excluding carboxylic acids is 1. The molecule has 0 saturated carbocycles. The summed E-state index contributed by atoms with van der Waals surface area (Å²) in [4.78, 5) is 14.1. The van der Waals surface area contributed by atoms with E-state index in [1.165, 1.54) is 0 Å². The first kappa shape index (κ1) is 11.2. The second-order valence-corrected chi connectivity index (χ2v) is 4.36. The van der Waals surface area contributed by atoms with Gasteiger partial charge in [0.25, 0.3) is 0 Å². The van der Waals surface area contributed by atoms with E-state index < -0.39 is 0 Å². The fourth-order valence-electron chi connectivity index (χ4n) is 2.04. The van der Waals surface area contributed by atoms with Crippen molar-refractivity contribution in [2.45, 2.75) is 12.8 Å². The molecule has 1 aliphatic heterocycles. The number of carbonyl (C=O) groups is 1. The summed E-state index contributed by atoms with van der Waals surface area (Å²) in [5.74, 6) is 0.184. The molecule has 0 atom stereocenters. The summed E-state index contributed by atoms with van der Waals surface area (Å²) < 4.78 is 0. The lowest BCUT2D eigenvalue weighted by atomic mass is 10.1. The minimum Gasteiger partial charge on any atom is -0.367 e. The molecule has 0 fully saturated rings. The van der Waals surface area contributed by atoms with Gasteiger partial charge >= 0.3 is 0 Å². The van der Waals surface area contributed by atoms with Gasteiger partial charge in [0.1, 0.15) is 0 Å². The minimum atomic E-state index is 0.184. The Morgan fingerprint density at radius 1 is 1.50 bits per heavy atom. The quantitative estimate of drug-likeness (QED) is 0.733. The minimum absolute atomic E-state index is 0.184. The van der Waals surface area contributed by atoms with Gasteiger partial charge in [-0.1, -0.05) is 17.7 Å². The smallest absolute Gasteiger partial charge is 0.165 e. The number of anilines is 1. The molecule has 0 aromatic heterocycles. The molecular weight excluding hydrogens is 222 g/mol. The fourth-order valence-corrected chi connectivity index (χ4v) is 2.21. The van der Waals surface area contributed by atoms with Crippen LogP contribution < -0.4 is 4.90 Å². The highest BCUT2D eigenvalue weighted by Gasteiger charge is 2.20. The Balaban J connectivity index is 2.47. The van der Waals surface area contributed by atoms with Crippen molar-refractivity contribution in [3.63, 3.8) is 0 Å². The average molecular weight is 236 g/mol. The zero-order valence-corrected chi connectivity index (χ0v) is 9.83. The summed E-state index contributed by atoms with van der Waals surface area (Å²) in [6.07, 6.45) is 3.34. The molecule has 0 aliphatic carbocycles. The van der Waals surface area contributed by atoms with E-state index in [4.69, 9.17) is 11.6 Å². The van der Waals surface area contributed by atoms with E-state index in [9.17, 15) is 4.79 Å². The SMILES string of the molecule is C=CCN1CCCC(=O)c2cc(Cl)ccc21. The second kappa shape index (κ2) is 4.71. The van der Waals surface area contributed by atoms with Crippen molar-refractivity contribution < 1.29 is 4.79 Å². The van der Waals surface area contributed by atoms with E-state index in [1.807, 2.05) is 18.2 Å². The predicted octanol–water partition coefficient (Wildman–Crippen LogP) is 3.31.